The quantitative estimate of drug-likeness (QED) is 0.234. The van der Waals surface area contributed by atoms with Gasteiger partial charge in [-0.05, 0) is 42.0 Å². The second-order valence-electron chi connectivity index (χ2n) is 7.84. The number of phenols is 1. The van der Waals surface area contributed by atoms with Crippen LogP contribution in [0.1, 0.15) is 12.5 Å². The molecule has 0 aliphatic rings. The molecule has 10 nitrogen and oxygen atoms in total. The molecule has 36 heavy (non-hydrogen) atoms. The van der Waals surface area contributed by atoms with Crippen LogP contribution in [0.4, 0.5) is 11.6 Å². The van der Waals surface area contributed by atoms with Gasteiger partial charge in [0, 0.05) is 49.8 Å². The number of nitrogens with zero attached hydrogens (tertiary/aromatic N) is 2. The third-order valence-electron chi connectivity index (χ3n) is 5.00. The van der Waals surface area contributed by atoms with Crippen LogP contribution in [0.25, 0.3) is 11.4 Å². The van der Waals surface area contributed by atoms with E-state index >= 15 is 0 Å². The number of ether oxygens (including phenoxy) is 1. The maximum atomic E-state index is 12.3. The lowest BCUT2D eigenvalue weighted by Crippen LogP contribution is -2.30. The molecule has 0 bridgehead atoms. The number of aromatic hydroxyl groups is 1. The van der Waals surface area contributed by atoms with Gasteiger partial charge in [-0.1, -0.05) is 17.7 Å². The van der Waals surface area contributed by atoms with Crippen LogP contribution in [-0.2, 0) is 16.0 Å². The predicted molar refractivity (Wildman–Crippen MR) is 140 cm³/mol. The first-order valence-corrected chi connectivity index (χ1v) is 11.7. The summed E-state index contributed by atoms with van der Waals surface area (Å²) < 4.78 is 5.08. The van der Waals surface area contributed by atoms with Crippen LogP contribution in [0.5, 0.6) is 11.5 Å². The molecule has 0 saturated carbocycles. The summed E-state index contributed by atoms with van der Waals surface area (Å²) in [7, 11) is 1.46. The Bertz CT molecular complexity index is 1190. The van der Waals surface area contributed by atoms with Crippen molar-refractivity contribution in [1.82, 2.24) is 20.6 Å². The molecule has 5 N–H and O–H groups in total. The Morgan fingerprint density at radius 3 is 2.17 bits per heavy atom. The van der Waals surface area contributed by atoms with Crippen LogP contribution < -0.4 is 26.0 Å². The van der Waals surface area contributed by atoms with E-state index in [1.54, 1.807) is 30.3 Å². The number of halogens is 1. The van der Waals surface area contributed by atoms with E-state index in [2.05, 4.69) is 31.2 Å². The number of phenolic OH excluding ortho intramolecular Hbond substituents is 1. The molecule has 2 amide bonds. The van der Waals surface area contributed by atoms with Gasteiger partial charge in [0.15, 0.2) is 17.3 Å². The molecule has 0 aliphatic heterocycles. The van der Waals surface area contributed by atoms with Crippen molar-refractivity contribution in [2.45, 2.75) is 13.3 Å². The topological polar surface area (TPSA) is 138 Å². The van der Waals surface area contributed by atoms with E-state index < -0.39 is 0 Å². The first-order valence-electron chi connectivity index (χ1n) is 11.3. The molecule has 0 aliphatic carbocycles. The molecule has 0 fully saturated rings. The summed E-state index contributed by atoms with van der Waals surface area (Å²) in [5.41, 5.74) is 1.53. The number of hydrogen-bond donors (Lipinski definition) is 5. The Kier molecular flexibility index (Phi) is 9.70. The maximum absolute atomic E-state index is 12.3. The van der Waals surface area contributed by atoms with E-state index in [0.29, 0.717) is 54.4 Å². The summed E-state index contributed by atoms with van der Waals surface area (Å²) >= 11 is 6.00. The van der Waals surface area contributed by atoms with E-state index in [4.69, 9.17) is 16.3 Å². The lowest BCUT2D eigenvalue weighted by atomic mass is 10.1. The second kappa shape index (κ2) is 13.1. The van der Waals surface area contributed by atoms with Gasteiger partial charge in [-0.15, -0.1) is 0 Å². The van der Waals surface area contributed by atoms with Crippen LogP contribution in [0.2, 0.25) is 5.02 Å². The zero-order valence-corrected chi connectivity index (χ0v) is 20.9. The van der Waals surface area contributed by atoms with Crippen molar-refractivity contribution >= 4 is 35.1 Å². The van der Waals surface area contributed by atoms with E-state index in [1.807, 2.05) is 12.1 Å². The van der Waals surface area contributed by atoms with Crippen molar-refractivity contribution in [2.24, 2.45) is 0 Å². The highest BCUT2D eigenvalue weighted by atomic mass is 35.5. The maximum Gasteiger partial charge on any atom is 0.224 e. The Labute approximate surface area is 214 Å². The minimum atomic E-state index is -0.158. The van der Waals surface area contributed by atoms with Gasteiger partial charge in [-0.25, -0.2) is 9.97 Å². The van der Waals surface area contributed by atoms with E-state index in [1.165, 1.54) is 20.1 Å². The van der Waals surface area contributed by atoms with Gasteiger partial charge in [-0.3, -0.25) is 9.59 Å². The number of amides is 2. The molecule has 190 valence electrons. The fourth-order valence-corrected chi connectivity index (χ4v) is 3.38. The lowest BCUT2D eigenvalue weighted by Gasteiger charge is -2.12. The minimum absolute atomic E-state index is 0.0256. The summed E-state index contributed by atoms with van der Waals surface area (Å²) in [5.74, 6) is 1.76. The largest absolute Gasteiger partial charge is 0.504 e. The molecule has 1 heterocycles. The van der Waals surface area contributed by atoms with Gasteiger partial charge in [0.25, 0.3) is 0 Å². The Morgan fingerprint density at radius 1 is 0.917 bits per heavy atom. The third-order valence-corrected chi connectivity index (χ3v) is 5.25. The van der Waals surface area contributed by atoms with Crippen molar-refractivity contribution < 1.29 is 19.4 Å². The van der Waals surface area contributed by atoms with Gasteiger partial charge < -0.3 is 31.1 Å². The van der Waals surface area contributed by atoms with Gasteiger partial charge in [-0.2, -0.15) is 0 Å². The number of aromatic nitrogens is 2. The molecule has 1 aromatic heterocycles. The Balaban J connectivity index is 1.58. The summed E-state index contributed by atoms with van der Waals surface area (Å²) in [6.45, 7) is 3.23. The number of hydrogen-bond acceptors (Lipinski definition) is 8. The monoisotopic (exact) mass is 512 g/mol. The zero-order chi connectivity index (χ0) is 25.9. The first-order chi connectivity index (χ1) is 17.3. The number of nitrogens with one attached hydrogen (secondary N) is 4. The van der Waals surface area contributed by atoms with Crippen LogP contribution >= 0.6 is 11.6 Å². The first kappa shape index (κ1) is 26.6. The predicted octanol–water partition coefficient (Wildman–Crippen LogP) is 2.83. The highest BCUT2D eigenvalue weighted by Crippen LogP contribution is 2.26. The molecule has 2 aromatic carbocycles. The van der Waals surface area contributed by atoms with Crippen LogP contribution in [-0.4, -0.2) is 60.2 Å². The summed E-state index contributed by atoms with van der Waals surface area (Å²) in [6, 6.07) is 13.8. The lowest BCUT2D eigenvalue weighted by molar-refractivity contribution is -0.120. The smallest absolute Gasteiger partial charge is 0.224 e. The van der Waals surface area contributed by atoms with Gasteiger partial charge >= 0.3 is 0 Å². The molecule has 0 spiro atoms. The van der Waals surface area contributed by atoms with Crippen molar-refractivity contribution in [3.63, 3.8) is 0 Å². The number of benzene rings is 2. The van der Waals surface area contributed by atoms with E-state index in [-0.39, 0.29) is 24.0 Å². The molecule has 3 aromatic rings. The van der Waals surface area contributed by atoms with Crippen LogP contribution in [0, 0.1) is 0 Å². The molecular weight excluding hydrogens is 484 g/mol. The minimum Gasteiger partial charge on any atom is -0.504 e. The third kappa shape index (κ3) is 8.31. The summed E-state index contributed by atoms with van der Waals surface area (Å²) in [6.07, 6.45) is 0.160. The molecule has 3 rings (SSSR count). The number of rotatable bonds is 12. The molecule has 0 radical (unpaired) electrons. The SMILES string of the molecule is COc1cc(CC(=O)NCCNc2cc(NCCNC(C)=O)nc(-c3ccc(Cl)cc3)n2)ccc1O. The van der Waals surface area contributed by atoms with Crippen molar-refractivity contribution in [3.05, 3.63) is 59.1 Å². The Morgan fingerprint density at radius 2 is 1.56 bits per heavy atom. The van der Waals surface area contributed by atoms with E-state index in [0.717, 1.165) is 11.1 Å². The highest BCUT2D eigenvalue weighted by Gasteiger charge is 2.09. The Hall–Kier alpha value is -4.05. The fourth-order valence-electron chi connectivity index (χ4n) is 3.26. The van der Waals surface area contributed by atoms with E-state index in [9.17, 15) is 14.7 Å². The number of carbonyl (C=O) groups excluding carboxylic acids is 2. The zero-order valence-electron chi connectivity index (χ0n) is 20.1. The van der Waals surface area contributed by atoms with Crippen molar-refractivity contribution in [3.8, 4) is 22.9 Å². The number of carbonyl (C=O) groups is 2. The summed E-state index contributed by atoms with van der Waals surface area (Å²) in [4.78, 5) is 32.5. The van der Waals surface area contributed by atoms with Gasteiger partial charge in [0.2, 0.25) is 11.8 Å². The van der Waals surface area contributed by atoms with Crippen LogP contribution in [0.15, 0.2) is 48.5 Å². The standard InChI is InChI=1S/C25H29ClN6O4/c1-16(33)27-9-10-28-22-15-23(32-25(31-22)18-4-6-19(26)7-5-18)29-11-12-30-24(35)14-17-3-8-20(34)21(13-17)36-2/h3-8,13,15,34H,9-12,14H2,1-2H3,(H,27,33)(H,30,35)(H2,28,29,31,32). The highest BCUT2D eigenvalue weighted by molar-refractivity contribution is 6.30. The normalized spacial score (nSPS) is 10.4. The van der Waals surface area contributed by atoms with Crippen LogP contribution in [0.3, 0.4) is 0 Å². The van der Waals surface area contributed by atoms with Gasteiger partial charge in [0.05, 0.1) is 13.5 Å². The second-order valence-corrected chi connectivity index (χ2v) is 8.27. The molecule has 0 atom stereocenters. The molecule has 0 unspecified atom stereocenters. The van der Waals surface area contributed by atoms with Crippen molar-refractivity contribution in [1.29, 1.82) is 0 Å². The average molecular weight is 513 g/mol. The number of anilines is 2. The fraction of sp³-hybridized carbons (Fsp3) is 0.280. The van der Waals surface area contributed by atoms with Gasteiger partial charge in [0.1, 0.15) is 11.6 Å². The average Bonchev–Trinajstić information content (AvgIpc) is 2.86. The molecular formula is C25H29ClN6O4. The number of methoxy groups -OCH3 is 1. The summed E-state index contributed by atoms with van der Waals surface area (Å²) in [5, 5.41) is 22.3. The van der Waals surface area contributed by atoms with Crippen molar-refractivity contribution in [2.75, 3.05) is 43.9 Å². The molecule has 0 saturated heterocycles. The molecule has 11 heteroatoms.